The third kappa shape index (κ3) is 3.87. The molecule has 0 bridgehead atoms. The maximum atomic E-state index is 12.3. The molecule has 8 nitrogen and oxygen atoms in total. The van der Waals surface area contributed by atoms with Gasteiger partial charge in [-0.2, -0.15) is 4.99 Å². The largest absolute Gasteiger partial charge is 0.462 e. The van der Waals surface area contributed by atoms with Crippen LogP contribution in [0.4, 0.5) is 0 Å². The van der Waals surface area contributed by atoms with Crippen LogP contribution in [0.5, 0.6) is 0 Å². The van der Waals surface area contributed by atoms with Gasteiger partial charge in [-0.3, -0.25) is 19.3 Å². The van der Waals surface area contributed by atoms with E-state index in [0.717, 1.165) is 10.4 Å². The van der Waals surface area contributed by atoms with Crippen LogP contribution in [-0.4, -0.2) is 46.3 Å². The molecule has 1 fully saturated rings. The molecular formula is C19H17N3O5S. The van der Waals surface area contributed by atoms with Crippen LogP contribution in [0.1, 0.15) is 30.1 Å². The maximum absolute atomic E-state index is 12.3. The fourth-order valence-corrected chi connectivity index (χ4v) is 3.91. The zero-order valence-electron chi connectivity index (χ0n) is 15.1. The summed E-state index contributed by atoms with van der Waals surface area (Å²) in [7, 11) is 0. The zero-order valence-corrected chi connectivity index (χ0v) is 16.0. The van der Waals surface area contributed by atoms with Crippen molar-refractivity contribution in [1.82, 2.24) is 9.47 Å². The molecule has 0 spiro atoms. The molecule has 9 heteroatoms. The van der Waals surface area contributed by atoms with Gasteiger partial charge >= 0.3 is 5.97 Å². The molecule has 0 unspecified atom stereocenters. The molecule has 28 heavy (non-hydrogen) atoms. The number of thiazole rings is 1. The number of ether oxygens (including phenoxy) is 1. The summed E-state index contributed by atoms with van der Waals surface area (Å²) in [5.41, 5.74) is 1.10. The van der Waals surface area contributed by atoms with E-state index in [4.69, 9.17) is 11.2 Å². The Morgan fingerprint density at radius 1 is 1.29 bits per heavy atom. The summed E-state index contributed by atoms with van der Waals surface area (Å²) in [6, 6.07) is 4.99. The second-order valence-electron chi connectivity index (χ2n) is 5.96. The van der Waals surface area contributed by atoms with E-state index in [1.807, 2.05) is 0 Å². The highest BCUT2D eigenvalue weighted by molar-refractivity contribution is 7.16. The van der Waals surface area contributed by atoms with Crippen molar-refractivity contribution >= 4 is 45.2 Å². The first-order chi connectivity index (χ1) is 13.4. The maximum Gasteiger partial charge on any atom is 0.338 e. The molecule has 144 valence electrons. The number of esters is 1. The Morgan fingerprint density at radius 2 is 2.00 bits per heavy atom. The van der Waals surface area contributed by atoms with Gasteiger partial charge in [0.05, 0.1) is 28.9 Å². The van der Waals surface area contributed by atoms with Gasteiger partial charge in [0.15, 0.2) is 4.80 Å². The zero-order chi connectivity index (χ0) is 20.3. The van der Waals surface area contributed by atoms with Gasteiger partial charge in [-0.15, -0.1) is 6.42 Å². The van der Waals surface area contributed by atoms with Gasteiger partial charge in [-0.1, -0.05) is 17.3 Å². The predicted molar refractivity (Wildman–Crippen MR) is 101 cm³/mol. The summed E-state index contributed by atoms with van der Waals surface area (Å²) in [6.07, 6.45) is 5.66. The van der Waals surface area contributed by atoms with E-state index >= 15 is 0 Å². The van der Waals surface area contributed by atoms with Crippen LogP contribution in [-0.2, 0) is 25.7 Å². The van der Waals surface area contributed by atoms with Crippen molar-refractivity contribution in [2.75, 3.05) is 13.2 Å². The number of nitrogens with zero attached hydrogens (tertiary/aromatic N) is 3. The first-order valence-electron chi connectivity index (χ1n) is 8.59. The van der Waals surface area contributed by atoms with Crippen LogP contribution in [0, 0.1) is 12.3 Å². The van der Waals surface area contributed by atoms with Crippen LogP contribution in [0.25, 0.3) is 10.2 Å². The molecule has 1 aromatic heterocycles. The summed E-state index contributed by atoms with van der Waals surface area (Å²) >= 11 is 1.19. The highest BCUT2D eigenvalue weighted by atomic mass is 32.1. The smallest absolute Gasteiger partial charge is 0.338 e. The number of terminal acetylenes is 1. The van der Waals surface area contributed by atoms with Gasteiger partial charge in [-0.25, -0.2) is 4.79 Å². The number of aromatic nitrogens is 1. The number of rotatable bonds is 5. The lowest BCUT2D eigenvalue weighted by atomic mass is 10.2. The van der Waals surface area contributed by atoms with E-state index in [1.54, 1.807) is 29.7 Å². The minimum absolute atomic E-state index is 0.114. The van der Waals surface area contributed by atoms with Crippen molar-refractivity contribution in [3.8, 4) is 12.3 Å². The number of hydrogen-bond acceptors (Lipinski definition) is 6. The summed E-state index contributed by atoms with van der Waals surface area (Å²) in [4.78, 5) is 52.9. The molecule has 1 aliphatic heterocycles. The Kier molecular flexibility index (Phi) is 5.70. The van der Waals surface area contributed by atoms with Gasteiger partial charge in [0, 0.05) is 12.8 Å². The highest BCUT2D eigenvalue weighted by Gasteiger charge is 2.30. The average molecular weight is 399 g/mol. The van der Waals surface area contributed by atoms with E-state index in [1.165, 1.54) is 11.3 Å². The van der Waals surface area contributed by atoms with Gasteiger partial charge in [-0.05, 0) is 25.1 Å². The minimum Gasteiger partial charge on any atom is -0.462 e. The monoisotopic (exact) mass is 399 g/mol. The molecule has 3 amide bonds. The molecule has 2 aromatic rings. The van der Waals surface area contributed by atoms with Gasteiger partial charge in [0.25, 0.3) is 5.91 Å². The lowest BCUT2D eigenvalue weighted by Gasteiger charge is -2.10. The van der Waals surface area contributed by atoms with Crippen LogP contribution in [0.2, 0.25) is 0 Å². The summed E-state index contributed by atoms with van der Waals surface area (Å²) < 4.78 is 7.38. The molecule has 0 aliphatic carbocycles. The molecule has 2 heterocycles. The summed E-state index contributed by atoms with van der Waals surface area (Å²) in [5, 5.41) is 0. The van der Waals surface area contributed by atoms with Gasteiger partial charge < -0.3 is 9.30 Å². The number of imide groups is 1. The number of carbonyl (C=O) groups is 4. The normalized spacial score (nSPS) is 14.6. The first-order valence-corrected chi connectivity index (χ1v) is 9.41. The van der Waals surface area contributed by atoms with Crippen molar-refractivity contribution < 1.29 is 23.9 Å². The topological polar surface area (TPSA) is 98.0 Å². The summed E-state index contributed by atoms with van der Waals surface area (Å²) in [6.45, 7) is 1.77. The molecule has 0 N–H and O–H groups in total. The molecule has 1 aromatic carbocycles. The quantitative estimate of drug-likeness (QED) is 0.426. The predicted octanol–water partition coefficient (Wildman–Crippen LogP) is 1.09. The Balaban J connectivity index is 1.98. The van der Waals surface area contributed by atoms with E-state index in [0.29, 0.717) is 15.1 Å². The lowest BCUT2D eigenvalue weighted by Crippen LogP contribution is -2.34. The van der Waals surface area contributed by atoms with Crippen LogP contribution in [0.15, 0.2) is 23.2 Å². The van der Waals surface area contributed by atoms with E-state index in [2.05, 4.69) is 10.9 Å². The number of benzene rings is 1. The summed E-state index contributed by atoms with van der Waals surface area (Å²) in [5.74, 6) is 0.698. The molecule has 1 aliphatic rings. The van der Waals surface area contributed by atoms with Crippen molar-refractivity contribution in [2.24, 2.45) is 4.99 Å². The molecule has 1 saturated heterocycles. The van der Waals surface area contributed by atoms with Crippen molar-refractivity contribution in [2.45, 2.75) is 26.3 Å². The second-order valence-corrected chi connectivity index (χ2v) is 6.97. The van der Waals surface area contributed by atoms with E-state index in [-0.39, 0.29) is 37.8 Å². The third-order valence-corrected chi connectivity index (χ3v) is 5.15. The molecule has 3 rings (SSSR count). The van der Waals surface area contributed by atoms with Crippen molar-refractivity contribution in [1.29, 1.82) is 0 Å². The van der Waals surface area contributed by atoms with Gasteiger partial charge in [0.1, 0.15) is 6.54 Å². The van der Waals surface area contributed by atoms with Crippen LogP contribution < -0.4 is 4.80 Å². The first kappa shape index (κ1) is 19.5. The van der Waals surface area contributed by atoms with E-state index in [9.17, 15) is 19.2 Å². The lowest BCUT2D eigenvalue weighted by molar-refractivity contribution is -0.141. The Labute approximate surface area is 164 Å². The third-order valence-electron chi connectivity index (χ3n) is 4.11. The fraction of sp³-hybridized carbons (Fsp3) is 0.316. The standard InChI is InChI=1S/C19H17N3O5S/c1-3-9-21-13-6-5-12(18(26)27-4-2)10-14(13)28-19(21)20-15(23)11-22-16(24)7-8-17(22)25/h1,5-6,10H,4,7-9,11H2,2H3. The number of hydrogen-bond donors (Lipinski definition) is 0. The van der Waals surface area contributed by atoms with Crippen LogP contribution in [0.3, 0.4) is 0 Å². The Bertz CT molecular complexity index is 1070. The Hall–Kier alpha value is -3.25. The number of carbonyl (C=O) groups excluding carboxylic acids is 4. The second kappa shape index (κ2) is 8.19. The van der Waals surface area contributed by atoms with Crippen molar-refractivity contribution in [3.05, 3.63) is 28.6 Å². The number of likely N-dealkylation sites (tertiary alicyclic amines) is 1. The minimum atomic E-state index is -0.619. The number of fused-ring (bicyclic) bond motifs is 1. The molecule has 0 radical (unpaired) electrons. The molecular weight excluding hydrogens is 382 g/mol. The SMILES string of the molecule is C#CCn1c(=NC(=O)CN2C(=O)CCC2=O)sc2cc(C(=O)OCC)ccc21. The van der Waals surface area contributed by atoms with Gasteiger partial charge in [0.2, 0.25) is 11.8 Å². The highest BCUT2D eigenvalue weighted by Crippen LogP contribution is 2.20. The molecule has 0 atom stereocenters. The number of amides is 3. The van der Waals surface area contributed by atoms with E-state index < -0.39 is 18.4 Å². The van der Waals surface area contributed by atoms with Crippen molar-refractivity contribution in [3.63, 3.8) is 0 Å². The average Bonchev–Trinajstić information content (AvgIpc) is 3.16. The fourth-order valence-electron chi connectivity index (χ4n) is 2.82. The van der Waals surface area contributed by atoms with Crippen LogP contribution >= 0.6 is 11.3 Å². The molecule has 0 saturated carbocycles. The Morgan fingerprint density at radius 3 is 2.64 bits per heavy atom.